The van der Waals surface area contributed by atoms with Crippen LogP contribution in [0.4, 0.5) is 18.0 Å². The number of carbonyl (C=O) groups is 1. The molecule has 0 unspecified atom stereocenters. The summed E-state index contributed by atoms with van der Waals surface area (Å²) >= 11 is 0. The lowest BCUT2D eigenvalue weighted by Crippen LogP contribution is -2.32. The van der Waals surface area contributed by atoms with Crippen LogP contribution in [0.5, 0.6) is 11.6 Å². The average Bonchev–Trinajstić information content (AvgIpc) is 2.64. The number of amides is 1. The molecule has 1 amide bonds. The van der Waals surface area contributed by atoms with Gasteiger partial charge in [0.25, 0.3) is 0 Å². The molecule has 3 rings (SSSR count). The third-order valence-electron chi connectivity index (χ3n) is 3.98. The van der Waals surface area contributed by atoms with Gasteiger partial charge < -0.3 is 19.5 Å². The summed E-state index contributed by atoms with van der Waals surface area (Å²) in [6.07, 6.45) is -3.93. The minimum Gasteiger partial charge on any atom is -0.477 e. The van der Waals surface area contributed by atoms with Crippen molar-refractivity contribution in [2.24, 2.45) is 0 Å². The number of ether oxygens (including phenoxy) is 3. The molecule has 0 radical (unpaired) electrons. The highest BCUT2D eigenvalue weighted by atomic mass is 19.4. The number of nitrogens with one attached hydrogen (secondary N) is 1. The number of benzene rings is 1. The fourth-order valence-electron chi connectivity index (χ4n) is 2.87. The van der Waals surface area contributed by atoms with Crippen LogP contribution in [0.25, 0.3) is 11.3 Å². The summed E-state index contributed by atoms with van der Waals surface area (Å²) in [6.45, 7) is 5.76. The highest BCUT2D eigenvalue weighted by molar-refractivity contribution is 5.68. The van der Waals surface area contributed by atoms with Gasteiger partial charge in [0.1, 0.15) is 11.4 Å². The highest BCUT2D eigenvalue weighted by Gasteiger charge is 2.31. The Kier molecular flexibility index (Phi) is 6.04. The van der Waals surface area contributed by atoms with E-state index < -0.39 is 18.1 Å². The van der Waals surface area contributed by atoms with E-state index >= 15 is 0 Å². The molecule has 1 aromatic carbocycles. The molecule has 1 N–H and O–H groups in total. The largest absolute Gasteiger partial charge is 0.573 e. The number of rotatable bonds is 4. The number of halogens is 3. The Morgan fingerprint density at radius 2 is 1.87 bits per heavy atom. The SMILES string of the molecule is CC(C)(C)OC(=O)NCc1nc2c(c(-c3ccc(OC(F)(F)F)cc3)n1)CCCO2. The van der Waals surface area contributed by atoms with Crippen molar-refractivity contribution in [1.29, 1.82) is 0 Å². The fourth-order valence-corrected chi connectivity index (χ4v) is 2.87. The first-order valence-corrected chi connectivity index (χ1v) is 9.36. The number of fused-ring (bicyclic) bond motifs is 1. The minimum atomic E-state index is -4.76. The number of aromatic nitrogens is 2. The zero-order valence-electron chi connectivity index (χ0n) is 16.8. The topological polar surface area (TPSA) is 82.6 Å². The molecule has 0 atom stereocenters. The summed E-state index contributed by atoms with van der Waals surface area (Å²) in [5, 5.41) is 2.59. The van der Waals surface area contributed by atoms with E-state index in [0.29, 0.717) is 36.0 Å². The molecule has 0 spiro atoms. The Balaban J connectivity index is 1.84. The van der Waals surface area contributed by atoms with E-state index in [1.165, 1.54) is 24.3 Å². The Labute approximate surface area is 171 Å². The first kappa shape index (κ1) is 21.7. The van der Waals surface area contributed by atoms with Crippen LogP contribution in [0.2, 0.25) is 0 Å². The van der Waals surface area contributed by atoms with Crippen LogP contribution >= 0.6 is 0 Å². The summed E-state index contributed by atoms with van der Waals surface area (Å²) in [4.78, 5) is 20.8. The van der Waals surface area contributed by atoms with Gasteiger partial charge in [0.2, 0.25) is 5.88 Å². The van der Waals surface area contributed by atoms with E-state index in [0.717, 1.165) is 12.0 Å². The van der Waals surface area contributed by atoms with Crippen LogP contribution in [0.1, 0.15) is 38.6 Å². The summed E-state index contributed by atoms with van der Waals surface area (Å²) in [5.74, 6) is 0.382. The van der Waals surface area contributed by atoms with Crippen LogP contribution in [-0.4, -0.2) is 34.6 Å². The number of nitrogens with zero attached hydrogens (tertiary/aromatic N) is 2. The normalized spacial score (nSPS) is 13.8. The molecule has 1 aliphatic rings. The number of hydrogen-bond donors (Lipinski definition) is 1. The van der Waals surface area contributed by atoms with Gasteiger partial charge in [-0.05, 0) is 57.9 Å². The van der Waals surface area contributed by atoms with E-state index in [1.807, 2.05) is 0 Å². The molecule has 0 saturated carbocycles. The zero-order chi connectivity index (χ0) is 21.9. The molecule has 10 heteroatoms. The summed E-state index contributed by atoms with van der Waals surface area (Å²) < 4.78 is 51.9. The van der Waals surface area contributed by atoms with Crippen molar-refractivity contribution in [1.82, 2.24) is 15.3 Å². The first-order valence-electron chi connectivity index (χ1n) is 9.36. The van der Waals surface area contributed by atoms with Gasteiger partial charge in [0.15, 0.2) is 5.82 Å². The van der Waals surface area contributed by atoms with Crippen molar-refractivity contribution < 1.29 is 32.2 Å². The Hall–Kier alpha value is -3.04. The maximum Gasteiger partial charge on any atom is 0.573 e. The van der Waals surface area contributed by atoms with Crippen LogP contribution in [0, 0.1) is 0 Å². The van der Waals surface area contributed by atoms with E-state index in [1.54, 1.807) is 20.8 Å². The van der Waals surface area contributed by atoms with E-state index in [-0.39, 0.29) is 12.3 Å². The van der Waals surface area contributed by atoms with Crippen molar-refractivity contribution in [2.45, 2.75) is 52.1 Å². The third kappa shape index (κ3) is 5.98. The van der Waals surface area contributed by atoms with E-state index in [2.05, 4.69) is 20.0 Å². The van der Waals surface area contributed by atoms with Crippen LogP contribution < -0.4 is 14.8 Å². The van der Waals surface area contributed by atoms with Crippen molar-refractivity contribution in [3.05, 3.63) is 35.7 Å². The van der Waals surface area contributed by atoms with Crippen molar-refractivity contribution in [3.8, 4) is 22.9 Å². The quantitative estimate of drug-likeness (QED) is 0.782. The predicted octanol–water partition coefficient (Wildman–Crippen LogP) is 4.39. The average molecular weight is 425 g/mol. The molecule has 0 bridgehead atoms. The minimum absolute atomic E-state index is 0.00776. The summed E-state index contributed by atoms with van der Waals surface area (Å²) in [6, 6.07) is 5.42. The maximum absolute atomic E-state index is 12.4. The molecule has 1 aliphatic heterocycles. The number of alkyl halides is 3. The van der Waals surface area contributed by atoms with Gasteiger partial charge in [-0.15, -0.1) is 13.2 Å². The monoisotopic (exact) mass is 425 g/mol. The lowest BCUT2D eigenvalue weighted by atomic mass is 10.0. The van der Waals surface area contributed by atoms with E-state index in [9.17, 15) is 18.0 Å². The van der Waals surface area contributed by atoms with Gasteiger partial charge >= 0.3 is 12.5 Å². The molecular formula is C20H22F3N3O4. The lowest BCUT2D eigenvalue weighted by molar-refractivity contribution is -0.274. The molecule has 162 valence electrons. The fraction of sp³-hybridized carbons (Fsp3) is 0.450. The summed E-state index contributed by atoms with van der Waals surface area (Å²) in [5.41, 5.74) is 1.26. The smallest absolute Gasteiger partial charge is 0.477 e. The molecule has 7 nitrogen and oxygen atoms in total. The molecule has 1 aromatic heterocycles. The highest BCUT2D eigenvalue weighted by Crippen LogP contribution is 2.33. The van der Waals surface area contributed by atoms with Gasteiger partial charge in [0, 0.05) is 11.1 Å². The first-order chi connectivity index (χ1) is 14.0. The van der Waals surface area contributed by atoms with Gasteiger partial charge in [0.05, 0.1) is 18.8 Å². The molecule has 2 heterocycles. The van der Waals surface area contributed by atoms with Crippen molar-refractivity contribution in [3.63, 3.8) is 0 Å². The standard InChI is InChI=1S/C20H22F3N3O4/c1-19(2,3)30-18(27)24-11-15-25-16(14-5-4-10-28-17(14)26-15)12-6-8-13(9-7-12)29-20(21,22)23/h6-9H,4-5,10-11H2,1-3H3,(H,24,27). The second-order valence-electron chi connectivity index (χ2n) is 7.65. The molecule has 2 aromatic rings. The Morgan fingerprint density at radius 3 is 2.50 bits per heavy atom. The maximum atomic E-state index is 12.4. The molecule has 0 saturated heterocycles. The van der Waals surface area contributed by atoms with Gasteiger partial charge in [-0.2, -0.15) is 4.98 Å². The Morgan fingerprint density at radius 1 is 1.17 bits per heavy atom. The van der Waals surface area contributed by atoms with Crippen LogP contribution in [-0.2, 0) is 17.7 Å². The summed E-state index contributed by atoms with van der Waals surface area (Å²) in [7, 11) is 0. The second kappa shape index (κ2) is 8.37. The third-order valence-corrected chi connectivity index (χ3v) is 3.98. The molecule has 30 heavy (non-hydrogen) atoms. The molecule has 0 fully saturated rings. The van der Waals surface area contributed by atoms with Gasteiger partial charge in [-0.3, -0.25) is 0 Å². The number of hydrogen-bond acceptors (Lipinski definition) is 6. The van der Waals surface area contributed by atoms with Crippen molar-refractivity contribution in [2.75, 3.05) is 6.61 Å². The van der Waals surface area contributed by atoms with Gasteiger partial charge in [-0.25, -0.2) is 9.78 Å². The lowest BCUT2D eigenvalue weighted by Gasteiger charge is -2.21. The second-order valence-corrected chi connectivity index (χ2v) is 7.65. The van der Waals surface area contributed by atoms with Crippen LogP contribution in [0.3, 0.4) is 0 Å². The van der Waals surface area contributed by atoms with Gasteiger partial charge in [-0.1, -0.05) is 0 Å². The number of alkyl carbamates (subject to hydrolysis) is 1. The predicted molar refractivity (Wildman–Crippen MR) is 101 cm³/mol. The van der Waals surface area contributed by atoms with Crippen molar-refractivity contribution >= 4 is 6.09 Å². The van der Waals surface area contributed by atoms with Crippen LogP contribution in [0.15, 0.2) is 24.3 Å². The zero-order valence-corrected chi connectivity index (χ0v) is 16.8. The molecule has 0 aliphatic carbocycles. The number of carbonyl (C=O) groups excluding carboxylic acids is 1. The van der Waals surface area contributed by atoms with E-state index in [4.69, 9.17) is 9.47 Å². The Bertz CT molecular complexity index is 909. The molecular weight excluding hydrogens is 403 g/mol.